The molecule has 0 spiro atoms. The molecular formula is C18H22N4O5S. The first-order chi connectivity index (χ1) is 13.3. The van der Waals surface area contributed by atoms with Crippen molar-refractivity contribution < 1.29 is 23.9 Å². The topological polar surface area (TPSA) is 112 Å². The van der Waals surface area contributed by atoms with Crippen molar-refractivity contribution in [1.29, 1.82) is 0 Å². The molecule has 28 heavy (non-hydrogen) atoms. The van der Waals surface area contributed by atoms with E-state index in [0.717, 1.165) is 5.56 Å². The Morgan fingerprint density at radius 3 is 2.68 bits per heavy atom. The van der Waals surface area contributed by atoms with E-state index >= 15 is 0 Å². The number of nitrogens with one attached hydrogen (secondary N) is 1. The lowest BCUT2D eigenvalue weighted by atomic mass is 10.1. The average molecular weight is 406 g/mol. The van der Waals surface area contributed by atoms with Crippen LogP contribution in [-0.4, -0.2) is 52.1 Å². The molecule has 1 amide bonds. The molecule has 0 aliphatic heterocycles. The molecule has 1 N–H and O–H groups in total. The van der Waals surface area contributed by atoms with Crippen molar-refractivity contribution in [3.05, 3.63) is 35.2 Å². The summed E-state index contributed by atoms with van der Waals surface area (Å²) < 4.78 is 11.2. The van der Waals surface area contributed by atoms with Gasteiger partial charge in [0.05, 0.1) is 25.0 Å². The third kappa shape index (κ3) is 5.56. The van der Waals surface area contributed by atoms with Crippen LogP contribution in [0.2, 0.25) is 0 Å². The lowest BCUT2D eigenvalue weighted by Gasteiger charge is -2.10. The highest BCUT2D eigenvalue weighted by Gasteiger charge is 2.16. The number of ether oxygens (including phenoxy) is 2. The number of rotatable bonds is 8. The second kappa shape index (κ2) is 9.88. The first-order valence-corrected chi connectivity index (χ1v) is 9.49. The van der Waals surface area contributed by atoms with Gasteiger partial charge in [-0.1, -0.05) is 17.8 Å². The minimum Gasteiger partial charge on any atom is -0.466 e. The number of benzene rings is 1. The molecule has 0 radical (unpaired) electrons. The van der Waals surface area contributed by atoms with Crippen molar-refractivity contribution in [2.75, 3.05) is 24.8 Å². The molecule has 1 heterocycles. The van der Waals surface area contributed by atoms with Crippen LogP contribution < -0.4 is 5.32 Å². The Kier molecular flexibility index (Phi) is 7.56. The number of aromatic nitrogens is 3. The molecule has 10 heteroatoms. The van der Waals surface area contributed by atoms with Crippen molar-refractivity contribution in [3.63, 3.8) is 0 Å². The molecule has 0 fully saturated rings. The molecule has 0 saturated heterocycles. The predicted molar refractivity (Wildman–Crippen MR) is 103 cm³/mol. The summed E-state index contributed by atoms with van der Waals surface area (Å²) in [7, 11) is 3.02. The van der Waals surface area contributed by atoms with Crippen LogP contribution in [0.15, 0.2) is 23.4 Å². The summed E-state index contributed by atoms with van der Waals surface area (Å²) in [6.07, 6.45) is 0.0175. The first-order valence-electron chi connectivity index (χ1n) is 8.51. The normalized spacial score (nSPS) is 10.4. The van der Waals surface area contributed by atoms with E-state index in [-0.39, 0.29) is 24.1 Å². The Balaban J connectivity index is 1.97. The van der Waals surface area contributed by atoms with Gasteiger partial charge in [-0.15, -0.1) is 10.2 Å². The molecular weight excluding hydrogens is 384 g/mol. The maximum atomic E-state index is 12.3. The van der Waals surface area contributed by atoms with Gasteiger partial charge in [-0.05, 0) is 31.5 Å². The molecule has 0 aliphatic rings. The average Bonchev–Trinajstić information content (AvgIpc) is 3.01. The van der Waals surface area contributed by atoms with E-state index in [1.165, 1.54) is 18.9 Å². The molecule has 2 rings (SSSR count). The van der Waals surface area contributed by atoms with E-state index in [1.54, 1.807) is 36.7 Å². The molecule has 0 aliphatic carbocycles. The summed E-state index contributed by atoms with van der Waals surface area (Å²) in [6, 6.07) is 4.94. The van der Waals surface area contributed by atoms with Gasteiger partial charge >= 0.3 is 11.9 Å². The van der Waals surface area contributed by atoms with Crippen LogP contribution in [0.4, 0.5) is 5.69 Å². The minimum atomic E-state index is -0.474. The monoisotopic (exact) mass is 406 g/mol. The SMILES string of the molecule is CCOC(=O)Cc1nnc(SCC(=O)Nc2cc(C(=O)OC)ccc2C)n1C. The molecule has 150 valence electrons. The number of hydrogen-bond donors (Lipinski definition) is 1. The number of amides is 1. The number of aryl methyl sites for hydroxylation is 1. The standard InChI is InChI=1S/C18H22N4O5S/c1-5-27-16(24)9-14-20-21-18(22(14)3)28-10-15(23)19-13-8-12(17(25)26-4)7-6-11(13)2/h6-8H,5,9-10H2,1-4H3,(H,19,23). The van der Waals surface area contributed by atoms with Crippen LogP contribution in [0.3, 0.4) is 0 Å². The lowest BCUT2D eigenvalue weighted by molar-refractivity contribution is -0.142. The fraction of sp³-hybridized carbons (Fsp3) is 0.389. The zero-order valence-corrected chi connectivity index (χ0v) is 17.0. The van der Waals surface area contributed by atoms with Crippen LogP contribution in [0.5, 0.6) is 0 Å². The van der Waals surface area contributed by atoms with Crippen LogP contribution in [-0.2, 0) is 32.5 Å². The van der Waals surface area contributed by atoms with Gasteiger partial charge in [0.1, 0.15) is 12.2 Å². The molecule has 1 aromatic carbocycles. The Morgan fingerprint density at radius 2 is 2.00 bits per heavy atom. The Hall–Kier alpha value is -2.88. The highest BCUT2D eigenvalue weighted by Crippen LogP contribution is 2.20. The highest BCUT2D eigenvalue weighted by atomic mass is 32.2. The Morgan fingerprint density at radius 1 is 1.25 bits per heavy atom. The number of methoxy groups -OCH3 is 1. The zero-order chi connectivity index (χ0) is 20.7. The van der Waals surface area contributed by atoms with Gasteiger partial charge in [0.15, 0.2) is 5.16 Å². The van der Waals surface area contributed by atoms with E-state index in [1.807, 2.05) is 6.92 Å². The number of thioether (sulfide) groups is 1. The second-order valence-corrected chi connectivity index (χ2v) is 6.74. The van der Waals surface area contributed by atoms with Crippen molar-refractivity contribution in [1.82, 2.24) is 14.8 Å². The Labute approximate surface area is 166 Å². The van der Waals surface area contributed by atoms with Crippen molar-refractivity contribution in [2.45, 2.75) is 25.4 Å². The van der Waals surface area contributed by atoms with Gasteiger partial charge in [-0.25, -0.2) is 4.79 Å². The van der Waals surface area contributed by atoms with Crippen LogP contribution in [0.25, 0.3) is 0 Å². The van der Waals surface area contributed by atoms with Crippen LogP contribution in [0, 0.1) is 6.92 Å². The first kappa shape index (κ1) is 21.4. The van der Waals surface area contributed by atoms with Crippen molar-refractivity contribution in [2.24, 2.45) is 7.05 Å². The van der Waals surface area contributed by atoms with Crippen LogP contribution >= 0.6 is 11.8 Å². The summed E-state index contributed by atoms with van der Waals surface area (Å²) in [4.78, 5) is 35.5. The summed E-state index contributed by atoms with van der Waals surface area (Å²) in [5.41, 5.74) is 1.71. The molecule has 0 atom stereocenters. The van der Waals surface area contributed by atoms with Gasteiger partial charge in [0, 0.05) is 12.7 Å². The quantitative estimate of drug-likeness (QED) is 0.521. The lowest BCUT2D eigenvalue weighted by Crippen LogP contribution is -2.16. The van der Waals surface area contributed by atoms with Gasteiger partial charge in [0.25, 0.3) is 0 Å². The van der Waals surface area contributed by atoms with Crippen molar-refractivity contribution in [3.8, 4) is 0 Å². The smallest absolute Gasteiger partial charge is 0.337 e. The summed E-state index contributed by atoms with van der Waals surface area (Å²) in [5, 5.41) is 11.2. The maximum Gasteiger partial charge on any atom is 0.337 e. The van der Waals surface area contributed by atoms with E-state index in [4.69, 9.17) is 9.47 Å². The molecule has 0 bridgehead atoms. The molecule has 1 aromatic heterocycles. The van der Waals surface area contributed by atoms with Gasteiger partial charge in [0.2, 0.25) is 5.91 Å². The number of nitrogens with zero attached hydrogens (tertiary/aromatic N) is 3. The summed E-state index contributed by atoms with van der Waals surface area (Å²) in [6.45, 7) is 3.86. The van der Waals surface area contributed by atoms with Gasteiger partial charge in [-0.3, -0.25) is 9.59 Å². The highest BCUT2D eigenvalue weighted by molar-refractivity contribution is 7.99. The maximum absolute atomic E-state index is 12.3. The van der Waals surface area contributed by atoms with Gasteiger partial charge in [-0.2, -0.15) is 0 Å². The molecule has 9 nitrogen and oxygen atoms in total. The predicted octanol–water partition coefficient (Wildman–Crippen LogP) is 1.75. The van der Waals surface area contributed by atoms with E-state index in [0.29, 0.717) is 28.8 Å². The number of hydrogen-bond acceptors (Lipinski definition) is 8. The van der Waals surface area contributed by atoms with E-state index in [2.05, 4.69) is 15.5 Å². The number of esters is 2. The second-order valence-electron chi connectivity index (χ2n) is 5.80. The fourth-order valence-corrected chi connectivity index (χ4v) is 3.01. The summed E-state index contributed by atoms with van der Waals surface area (Å²) >= 11 is 1.19. The van der Waals surface area contributed by atoms with Crippen molar-refractivity contribution >= 4 is 35.3 Å². The Bertz CT molecular complexity index is 881. The van der Waals surface area contributed by atoms with Crippen LogP contribution in [0.1, 0.15) is 28.7 Å². The van der Waals surface area contributed by atoms with E-state index < -0.39 is 5.97 Å². The zero-order valence-electron chi connectivity index (χ0n) is 16.1. The number of carbonyl (C=O) groups is 3. The minimum absolute atomic E-state index is 0.0175. The molecule has 0 saturated carbocycles. The third-order valence-corrected chi connectivity index (χ3v) is 4.82. The largest absolute Gasteiger partial charge is 0.466 e. The summed E-state index contributed by atoms with van der Waals surface area (Å²) in [5.74, 6) is -0.563. The molecule has 2 aromatic rings. The number of carbonyl (C=O) groups excluding carboxylic acids is 3. The van der Waals surface area contributed by atoms with E-state index in [9.17, 15) is 14.4 Å². The molecule has 0 unspecified atom stereocenters. The third-order valence-electron chi connectivity index (χ3n) is 3.80. The number of anilines is 1. The van der Waals surface area contributed by atoms with Gasteiger partial charge < -0.3 is 19.4 Å². The fourth-order valence-electron chi connectivity index (χ4n) is 2.28.